The molecule has 0 aromatic heterocycles. The molecule has 1 saturated carbocycles. The molecule has 1 aliphatic carbocycles. The van der Waals surface area contributed by atoms with Crippen LogP contribution >= 0.6 is 0 Å². The first-order valence-corrected chi connectivity index (χ1v) is 7.46. The van der Waals surface area contributed by atoms with Crippen LogP contribution in [0.5, 0.6) is 0 Å². The fraction of sp³-hybridized carbons (Fsp3) is 1.00. The van der Waals surface area contributed by atoms with Crippen LogP contribution in [0, 0.1) is 11.8 Å². The Kier molecular flexibility index (Phi) is 7.14. The van der Waals surface area contributed by atoms with Crippen LogP contribution in [0.1, 0.15) is 58.8 Å². The van der Waals surface area contributed by atoms with E-state index in [-0.39, 0.29) is 0 Å². The zero-order valence-electron chi connectivity index (χ0n) is 12.2. The van der Waals surface area contributed by atoms with Crippen molar-refractivity contribution in [1.82, 2.24) is 5.32 Å². The van der Waals surface area contributed by atoms with Gasteiger partial charge < -0.3 is 10.1 Å². The van der Waals surface area contributed by atoms with Gasteiger partial charge in [-0.15, -0.1) is 0 Å². The number of rotatable bonds is 10. The van der Waals surface area contributed by atoms with E-state index >= 15 is 0 Å². The molecule has 1 aliphatic rings. The van der Waals surface area contributed by atoms with Gasteiger partial charge in [0, 0.05) is 13.2 Å². The molecule has 1 rings (SSSR count). The minimum absolute atomic E-state index is 0.440. The van der Waals surface area contributed by atoms with Crippen molar-refractivity contribution in [3.05, 3.63) is 0 Å². The predicted octanol–water partition coefficient (Wildman–Crippen LogP) is 3.61. The number of ether oxygens (including phenoxy) is 1. The Morgan fingerprint density at radius 2 is 2.00 bits per heavy atom. The van der Waals surface area contributed by atoms with Gasteiger partial charge >= 0.3 is 0 Å². The van der Waals surface area contributed by atoms with Gasteiger partial charge in [0.15, 0.2) is 0 Å². The van der Waals surface area contributed by atoms with Gasteiger partial charge in [-0.2, -0.15) is 0 Å². The Balaban J connectivity index is 2.41. The maximum absolute atomic E-state index is 5.71. The normalized spacial score (nSPS) is 21.2. The standard InChI is InChI=1S/C15H31NO/c1-5-7-8-12(6-2)11-14(16-3)15(17-4)13-9-10-13/h12-16H,5-11H2,1-4H3. The summed E-state index contributed by atoms with van der Waals surface area (Å²) >= 11 is 0. The predicted molar refractivity (Wildman–Crippen MR) is 74.3 cm³/mol. The van der Waals surface area contributed by atoms with Crippen LogP contribution in [0.15, 0.2) is 0 Å². The zero-order valence-corrected chi connectivity index (χ0v) is 12.2. The summed E-state index contributed by atoms with van der Waals surface area (Å²) in [6, 6.07) is 0.550. The first-order valence-electron chi connectivity index (χ1n) is 7.46. The lowest BCUT2D eigenvalue weighted by Crippen LogP contribution is -2.41. The minimum atomic E-state index is 0.440. The van der Waals surface area contributed by atoms with Crippen LogP contribution in [0.2, 0.25) is 0 Å². The summed E-state index contributed by atoms with van der Waals surface area (Å²) in [5, 5.41) is 3.49. The largest absolute Gasteiger partial charge is 0.380 e. The van der Waals surface area contributed by atoms with Crippen molar-refractivity contribution < 1.29 is 4.74 Å². The second-order valence-corrected chi connectivity index (χ2v) is 5.59. The molecule has 0 aromatic carbocycles. The number of likely N-dealkylation sites (N-methyl/N-ethyl adjacent to an activating group) is 1. The zero-order chi connectivity index (χ0) is 12.7. The second-order valence-electron chi connectivity index (χ2n) is 5.59. The summed E-state index contributed by atoms with van der Waals surface area (Å²) in [6.45, 7) is 4.61. The third kappa shape index (κ3) is 4.97. The van der Waals surface area contributed by atoms with Crippen molar-refractivity contribution in [2.24, 2.45) is 11.8 Å². The first-order chi connectivity index (χ1) is 8.26. The molecule has 2 nitrogen and oxygen atoms in total. The molecular formula is C15H31NO. The Morgan fingerprint density at radius 3 is 2.41 bits per heavy atom. The third-order valence-corrected chi connectivity index (χ3v) is 4.26. The highest BCUT2D eigenvalue weighted by Crippen LogP contribution is 2.37. The number of hydrogen-bond donors (Lipinski definition) is 1. The molecule has 0 saturated heterocycles. The van der Waals surface area contributed by atoms with Gasteiger partial charge in [-0.05, 0) is 38.1 Å². The van der Waals surface area contributed by atoms with E-state index in [9.17, 15) is 0 Å². The van der Waals surface area contributed by atoms with Crippen LogP contribution in [0.25, 0.3) is 0 Å². The summed E-state index contributed by atoms with van der Waals surface area (Å²) in [5.41, 5.74) is 0. The highest BCUT2D eigenvalue weighted by molar-refractivity contribution is 4.90. The number of nitrogens with one attached hydrogen (secondary N) is 1. The summed E-state index contributed by atoms with van der Waals surface area (Å²) in [5.74, 6) is 1.69. The van der Waals surface area contributed by atoms with E-state index in [1.165, 1.54) is 44.9 Å². The quantitative estimate of drug-likeness (QED) is 0.631. The third-order valence-electron chi connectivity index (χ3n) is 4.26. The number of methoxy groups -OCH3 is 1. The van der Waals surface area contributed by atoms with Crippen molar-refractivity contribution in [2.45, 2.75) is 70.9 Å². The lowest BCUT2D eigenvalue weighted by Gasteiger charge is -2.29. The summed E-state index contributed by atoms with van der Waals surface area (Å²) in [6.07, 6.45) is 9.82. The lowest BCUT2D eigenvalue weighted by molar-refractivity contribution is 0.0446. The van der Waals surface area contributed by atoms with E-state index in [0.717, 1.165) is 11.8 Å². The monoisotopic (exact) mass is 241 g/mol. The SMILES string of the molecule is CCCCC(CC)CC(NC)C(OC)C1CC1. The molecule has 17 heavy (non-hydrogen) atoms. The lowest BCUT2D eigenvalue weighted by atomic mass is 9.89. The van der Waals surface area contributed by atoms with Gasteiger partial charge in [0.1, 0.15) is 0 Å². The molecule has 1 N–H and O–H groups in total. The minimum Gasteiger partial charge on any atom is -0.380 e. The maximum atomic E-state index is 5.71. The molecule has 0 amide bonds. The molecule has 0 spiro atoms. The summed E-state index contributed by atoms with van der Waals surface area (Å²) < 4.78 is 5.71. The Labute approximate surface area is 108 Å². The Bertz CT molecular complexity index is 191. The molecule has 1 fully saturated rings. The topological polar surface area (TPSA) is 21.3 Å². The van der Waals surface area contributed by atoms with Gasteiger partial charge in [0.25, 0.3) is 0 Å². The Morgan fingerprint density at radius 1 is 1.29 bits per heavy atom. The fourth-order valence-corrected chi connectivity index (χ4v) is 2.87. The molecule has 0 heterocycles. The molecule has 0 bridgehead atoms. The van der Waals surface area contributed by atoms with Crippen molar-refractivity contribution in [1.29, 1.82) is 0 Å². The fourth-order valence-electron chi connectivity index (χ4n) is 2.87. The summed E-state index contributed by atoms with van der Waals surface area (Å²) in [4.78, 5) is 0. The van der Waals surface area contributed by atoms with Crippen LogP contribution in [0.3, 0.4) is 0 Å². The smallest absolute Gasteiger partial charge is 0.0752 e. The van der Waals surface area contributed by atoms with E-state index in [2.05, 4.69) is 26.2 Å². The maximum Gasteiger partial charge on any atom is 0.0752 e. The number of unbranched alkanes of at least 4 members (excludes halogenated alkanes) is 1. The van der Waals surface area contributed by atoms with E-state index in [1.807, 2.05) is 7.11 Å². The van der Waals surface area contributed by atoms with Crippen molar-refractivity contribution in [2.75, 3.05) is 14.2 Å². The molecule has 0 radical (unpaired) electrons. The van der Waals surface area contributed by atoms with E-state index < -0.39 is 0 Å². The van der Waals surface area contributed by atoms with Gasteiger partial charge in [-0.3, -0.25) is 0 Å². The summed E-state index contributed by atoms with van der Waals surface area (Å²) in [7, 11) is 3.96. The molecule has 3 unspecified atom stereocenters. The molecule has 0 aliphatic heterocycles. The molecule has 0 aromatic rings. The van der Waals surface area contributed by atoms with Gasteiger partial charge in [0.05, 0.1) is 6.10 Å². The van der Waals surface area contributed by atoms with E-state index in [1.54, 1.807) is 0 Å². The highest BCUT2D eigenvalue weighted by atomic mass is 16.5. The van der Waals surface area contributed by atoms with Gasteiger partial charge in [-0.25, -0.2) is 0 Å². The van der Waals surface area contributed by atoms with E-state index in [0.29, 0.717) is 12.1 Å². The molecule has 102 valence electrons. The van der Waals surface area contributed by atoms with Crippen LogP contribution in [-0.2, 0) is 4.74 Å². The average Bonchev–Trinajstić information content (AvgIpc) is 3.17. The van der Waals surface area contributed by atoms with Crippen molar-refractivity contribution in [3.8, 4) is 0 Å². The van der Waals surface area contributed by atoms with Gasteiger partial charge in [-0.1, -0.05) is 39.5 Å². The van der Waals surface area contributed by atoms with Crippen molar-refractivity contribution in [3.63, 3.8) is 0 Å². The second kappa shape index (κ2) is 8.10. The number of hydrogen-bond acceptors (Lipinski definition) is 2. The average molecular weight is 241 g/mol. The molecule has 3 atom stereocenters. The highest BCUT2D eigenvalue weighted by Gasteiger charge is 2.36. The van der Waals surface area contributed by atoms with Crippen LogP contribution in [-0.4, -0.2) is 26.3 Å². The Hall–Kier alpha value is -0.0800. The van der Waals surface area contributed by atoms with Crippen LogP contribution in [0.4, 0.5) is 0 Å². The van der Waals surface area contributed by atoms with Gasteiger partial charge in [0.2, 0.25) is 0 Å². The van der Waals surface area contributed by atoms with E-state index in [4.69, 9.17) is 4.74 Å². The molecular weight excluding hydrogens is 210 g/mol. The van der Waals surface area contributed by atoms with Crippen LogP contribution < -0.4 is 5.32 Å². The first kappa shape index (κ1) is 15.0. The molecule has 2 heteroatoms. The van der Waals surface area contributed by atoms with Crippen molar-refractivity contribution >= 4 is 0 Å².